The minimum Gasteiger partial charge on any atom is -0.545 e. The normalized spacial score (nSPS) is 11.4. The van der Waals surface area contributed by atoms with Crippen molar-refractivity contribution >= 4 is 5.97 Å². The number of aromatic hydroxyl groups is 1. The molecular weight excluding hydrogens is 251 g/mol. The first-order valence-electron chi connectivity index (χ1n) is 4.74. The van der Waals surface area contributed by atoms with Gasteiger partial charge in [-0.05, 0) is 19.1 Å². The van der Waals surface area contributed by atoms with Crippen LogP contribution in [-0.4, -0.2) is 30.9 Å². The van der Waals surface area contributed by atoms with Gasteiger partial charge in [0.1, 0.15) is 17.6 Å². The molecule has 1 aromatic carbocycles. The van der Waals surface area contributed by atoms with Gasteiger partial charge < -0.3 is 24.5 Å². The van der Waals surface area contributed by atoms with Gasteiger partial charge in [0.05, 0.1) is 12.6 Å². The van der Waals surface area contributed by atoms with Crippen molar-refractivity contribution in [2.24, 2.45) is 0 Å². The van der Waals surface area contributed by atoms with Gasteiger partial charge in [-0.1, -0.05) is 0 Å². The fourth-order valence-corrected chi connectivity index (χ4v) is 1.27. The van der Waals surface area contributed by atoms with Crippen LogP contribution in [0.3, 0.4) is 0 Å². The van der Waals surface area contributed by atoms with Gasteiger partial charge in [-0.25, -0.2) is 0 Å². The van der Waals surface area contributed by atoms with E-state index in [0.29, 0.717) is 6.61 Å². The monoisotopic (exact) mass is 264 g/mol. The van der Waals surface area contributed by atoms with Crippen LogP contribution in [0, 0.1) is 0 Å². The number of phenolic OH excluding ortho intramolecular Hbond substituents is 1. The Morgan fingerprint density at radius 1 is 1.47 bits per heavy atom. The largest absolute Gasteiger partial charge is 1.00 e. The SMILES string of the molecule is COC[C@H](C)Oc1cc(O)cc(C(=O)[O-])c1.[K+]. The molecule has 0 aliphatic carbocycles. The Hall–Kier alpha value is -0.114. The molecule has 1 rings (SSSR count). The smallest absolute Gasteiger partial charge is 0.545 e. The number of carbonyl (C=O) groups is 1. The number of benzene rings is 1. The molecule has 0 heterocycles. The van der Waals surface area contributed by atoms with Gasteiger partial charge in [-0.3, -0.25) is 0 Å². The van der Waals surface area contributed by atoms with Crippen molar-refractivity contribution in [3.8, 4) is 11.5 Å². The first-order valence-corrected chi connectivity index (χ1v) is 4.74. The number of hydrogen-bond acceptors (Lipinski definition) is 5. The van der Waals surface area contributed by atoms with Gasteiger partial charge in [-0.15, -0.1) is 0 Å². The number of carbonyl (C=O) groups excluding carboxylic acids is 1. The van der Waals surface area contributed by atoms with Gasteiger partial charge >= 0.3 is 51.4 Å². The van der Waals surface area contributed by atoms with E-state index in [4.69, 9.17) is 9.47 Å². The van der Waals surface area contributed by atoms with Gasteiger partial charge in [0, 0.05) is 18.7 Å². The predicted octanol–water partition coefficient (Wildman–Crippen LogP) is -2.83. The summed E-state index contributed by atoms with van der Waals surface area (Å²) < 4.78 is 10.2. The van der Waals surface area contributed by atoms with Gasteiger partial charge in [0.15, 0.2) is 0 Å². The van der Waals surface area contributed by atoms with Gasteiger partial charge in [0.2, 0.25) is 0 Å². The predicted molar refractivity (Wildman–Crippen MR) is 54.4 cm³/mol. The second-order valence-electron chi connectivity index (χ2n) is 3.39. The first-order chi connectivity index (χ1) is 7.52. The van der Waals surface area contributed by atoms with E-state index < -0.39 is 5.97 Å². The van der Waals surface area contributed by atoms with Gasteiger partial charge in [0.25, 0.3) is 0 Å². The van der Waals surface area contributed by atoms with Crippen molar-refractivity contribution < 1.29 is 75.9 Å². The average molecular weight is 264 g/mol. The minimum absolute atomic E-state index is 0. The van der Waals surface area contributed by atoms with Crippen LogP contribution in [0.4, 0.5) is 0 Å². The molecule has 0 fully saturated rings. The fraction of sp³-hybridized carbons (Fsp3) is 0.364. The van der Waals surface area contributed by atoms with Crippen LogP contribution in [0.1, 0.15) is 17.3 Å². The van der Waals surface area contributed by atoms with Crippen molar-refractivity contribution in [3.63, 3.8) is 0 Å². The summed E-state index contributed by atoms with van der Waals surface area (Å²) in [5, 5.41) is 19.9. The number of rotatable bonds is 5. The molecule has 17 heavy (non-hydrogen) atoms. The fourth-order valence-electron chi connectivity index (χ4n) is 1.27. The third kappa shape index (κ3) is 5.85. The zero-order valence-corrected chi connectivity index (χ0v) is 13.2. The molecule has 1 atom stereocenters. The van der Waals surface area contributed by atoms with Crippen LogP contribution in [-0.2, 0) is 4.74 Å². The number of carboxylic acids is 1. The molecule has 0 bridgehead atoms. The van der Waals surface area contributed by atoms with Crippen molar-refractivity contribution in [2.75, 3.05) is 13.7 Å². The van der Waals surface area contributed by atoms with E-state index in [9.17, 15) is 15.0 Å². The topological polar surface area (TPSA) is 78.8 Å². The standard InChI is InChI=1S/C11H14O5.K/c1-7(6-15-2)16-10-4-8(11(13)14)3-9(12)5-10;/h3-5,7,12H,6H2,1-2H3,(H,13,14);/q;+1/p-1/t7-;/m0./s1. The van der Waals surface area contributed by atoms with Crippen LogP contribution < -0.4 is 61.2 Å². The molecule has 1 N–H and O–H groups in total. The van der Waals surface area contributed by atoms with E-state index in [1.165, 1.54) is 19.2 Å². The molecule has 0 radical (unpaired) electrons. The summed E-state index contributed by atoms with van der Waals surface area (Å²) in [5.41, 5.74) is -0.125. The van der Waals surface area contributed by atoms with E-state index in [-0.39, 0.29) is 74.6 Å². The summed E-state index contributed by atoms with van der Waals surface area (Å²) in [6.07, 6.45) is -0.235. The number of carboxylic acid groups (broad SMARTS) is 1. The molecule has 0 unspecified atom stereocenters. The van der Waals surface area contributed by atoms with E-state index >= 15 is 0 Å². The molecule has 0 aromatic heterocycles. The summed E-state index contributed by atoms with van der Waals surface area (Å²) in [6, 6.07) is 3.73. The van der Waals surface area contributed by atoms with Crippen LogP contribution in [0.25, 0.3) is 0 Å². The summed E-state index contributed by atoms with van der Waals surface area (Å²) in [7, 11) is 1.54. The molecule has 5 nitrogen and oxygen atoms in total. The van der Waals surface area contributed by atoms with Crippen molar-refractivity contribution in [1.29, 1.82) is 0 Å². The van der Waals surface area contributed by atoms with Gasteiger partial charge in [-0.2, -0.15) is 0 Å². The molecular formula is C11H13KO5. The van der Waals surface area contributed by atoms with Crippen LogP contribution in [0.15, 0.2) is 18.2 Å². The Morgan fingerprint density at radius 2 is 2.12 bits per heavy atom. The number of methoxy groups -OCH3 is 1. The maximum absolute atomic E-state index is 10.6. The Morgan fingerprint density at radius 3 is 2.65 bits per heavy atom. The Bertz CT molecular complexity index is 380. The zero-order chi connectivity index (χ0) is 12.1. The maximum atomic E-state index is 10.6. The molecule has 0 saturated carbocycles. The summed E-state index contributed by atoms with van der Waals surface area (Å²) >= 11 is 0. The molecule has 0 amide bonds. The van der Waals surface area contributed by atoms with Crippen molar-refractivity contribution in [2.45, 2.75) is 13.0 Å². The third-order valence-corrected chi connectivity index (χ3v) is 1.87. The van der Waals surface area contributed by atoms with E-state index in [2.05, 4.69) is 0 Å². The van der Waals surface area contributed by atoms with Crippen LogP contribution >= 0.6 is 0 Å². The Labute approximate surface area is 142 Å². The summed E-state index contributed by atoms with van der Waals surface area (Å²) in [4.78, 5) is 10.6. The maximum Gasteiger partial charge on any atom is 1.00 e. The quantitative estimate of drug-likeness (QED) is 0.580. The van der Waals surface area contributed by atoms with E-state index in [0.717, 1.165) is 6.07 Å². The van der Waals surface area contributed by atoms with Crippen LogP contribution in [0.2, 0.25) is 0 Å². The van der Waals surface area contributed by atoms with E-state index in [1.807, 2.05) is 0 Å². The average Bonchev–Trinajstić information content (AvgIpc) is 2.16. The summed E-state index contributed by atoms with van der Waals surface area (Å²) in [5.74, 6) is -1.27. The number of aromatic carboxylic acids is 1. The molecule has 1 aromatic rings. The second kappa shape index (κ2) is 8.07. The zero-order valence-electron chi connectivity index (χ0n) is 10.1. The first kappa shape index (κ1) is 16.9. The summed E-state index contributed by atoms with van der Waals surface area (Å²) in [6.45, 7) is 2.14. The molecule has 0 aliphatic rings. The molecule has 0 saturated heterocycles. The van der Waals surface area contributed by atoms with Crippen LogP contribution in [0.5, 0.6) is 11.5 Å². The number of phenols is 1. The minimum atomic E-state index is -1.36. The Balaban J connectivity index is 0.00000256. The molecule has 88 valence electrons. The number of hydrogen-bond donors (Lipinski definition) is 1. The molecule has 6 heteroatoms. The molecule has 0 spiro atoms. The number of ether oxygens (including phenoxy) is 2. The Kier molecular flexibility index (Phi) is 8.02. The van der Waals surface area contributed by atoms with Crippen molar-refractivity contribution in [1.82, 2.24) is 0 Å². The van der Waals surface area contributed by atoms with Crippen molar-refractivity contribution in [3.05, 3.63) is 23.8 Å². The van der Waals surface area contributed by atoms with E-state index in [1.54, 1.807) is 6.92 Å². The third-order valence-electron chi connectivity index (χ3n) is 1.87. The molecule has 0 aliphatic heterocycles. The second-order valence-corrected chi connectivity index (χ2v) is 3.39.